The van der Waals surface area contributed by atoms with E-state index in [1.807, 2.05) is 0 Å². The third kappa shape index (κ3) is 4.38. The first-order chi connectivity index (χ1) is 12.7. The Morgan fingerprint density at radius 1 is 1.04 bits per heavy atom. The van der Waals surface area contributed by atoms with E-state index in [9.17, 15) is 9.90 Å². The summed E-state index contributed by atoms with van der Waals surface area (Å²) in [5.74, 6) is 0.583. The molecule has 6 heteroatoms. The van der Waals surface area contributed by atoms with Gasteiger partial charge in [0.1, 0.15) is 5.75 Å². The first kappa shape index (κ1) is 20.7. The Balaban J connectivity index is 2.63. The van der Waals surface area contributed by atoms with E-state index >= 15 is 0 Å². The maximum atomic E-state index is 12.5. The molecule has 0 heterocycles. The molecule has 1 N–H and O–H groups in total. The molecule has 2 aromatic carbocycles. The van der Waals surface area contributed by atoms with Gasteiger partial charge in [0.05, 0.1) is 26.2 Å². The van der Waals surface area contributed by atoms with Gasteiger partial charge in [-0.15, -0.1) is 0 Å². The third-order valence-corrected chi connectivity index (χ3v) is 4.10. The van der Waals surface area contributed by atoms with Crippen LogP contribution in [0.4, 0.5) is 0 Å². The first-order valence-corrected chi connectivity index (χ1v) is 9.00. The number of carbonyl (C=O) groups is 1. The Kier molecular flexibility index (Phi) is 6.41. The Morgan fingerprint density at radius 2 is 1.70 bits per heavy atom. The number of fused-ring (bicyclic) bond motifs is 1. The smallest absolute Gasteiger partial charge is 0.316 e. The second-order valence-corrected chi connectivity index (χ2v) is 7.29. The molecule has 0 saturated heterocycles. The summed E-state index contributed by atoms with van der Waals surface area (Å²) < 4.78 is 22.1. The molecule has 6 nitrogen and oxygen atoms in total. The van der Waals surface area contributed by atoms with E-state index in [0.717, 1.165) is 12.8 Å². The Labute approximate surface area is 160 Å². The summed E-state index contributed by atoms with van der Waals surface area (Å²) in [5, 5.41) is 11.7. The summed E-state index contributed by atoms with van der Waals surface area (Å²) >= 11 is 0. The molecule has 0 saturated carbocycles. The molecule has 0 aliphatic carbocycles. The lowest BCUT2D eigenvalue weighted by Crippen LogP contribution is -2.25. The van der Waals surface area contributed by atoms with Crippen molar-refractivity contribution in [2.75, 3.05) is 20.8 Å². The van der Waals surface area contributed by atoms with Crippen LogP contribution in [0.25, 0.3) is 10.8 Å². The second kappa shape index (κ2) is 8.37. The van der Waals surface area contributed by atoms with E-state index in [4.69, 9.17) is 18.9 Å². The van der Waals surface area contributed by atoms with Crippen molar-refractivity contribution in [1.82, 2.24) is 0 Å². The minimum atomic E-state index is -0.703. The van der Waals surface area contributed by atoms with Crippen molar-refractivity contribution in [2.45, 2.75) is 40.5 Å². The normalized spacial score (nSPS) is 11.3. The average Bonchev–Trinajstić information content (AvgIpc) is 2.63. The monoisotopic (exact) mass is 376 g/mol. The molecule has 0 bridgehead atoms. The highest BCUT2D eigenvalue weighted by atomic mass is 16.6. The molecular weight excluding hydrogens is 348 g/mol. The number of carbonyl (C=O) groups excluding carboxylic acids is 1. The summed E-state index contributed by atoms with van der Waals surface area (Å²) in [6.07, 6.45) is 1.96. The summed E-state index contributed by atoms with van der Waals surface area (Å²) in [4.78, 5) is 12.5. The van der Waals surface area contributed by atoms with Crippen LogP contribution in [0.15, 0.2) is 18.2 Å². The van der Waals surface area contributed by atoms with E-state index in [2.05, 4.69) is 6.92 Å². The zero-order chi connectivity index (χ0) is 20.2. The van der Waals surface area contributed by atoms with Gasteiger partial charge in [-0.05, 0) is 45.4 Å². The van der Waals surface area contributed by atoms with E-state index in [0.29, 0.717) is 23.1 Å². The molecular formula is C21H28O6. The van der Waals surface area contributed by atoms with Crippen LogP contribution in [0.5, 0.6) is 28.7 Å². The van der Waals surface area contributed by atoms with Crippen molar-refractivity contribution in [3.05, 3.63) is 18.2 Å². The minimum Gasteiger partial charge on any atom is -0.504 e. The van der Waals surface area contributed by atoms with Crippen molar-refractivity contribution in [1.29, 1.82) is 0 Å². The van der Waals surface area contributed by atoms with Crippen molar-refractivity contribution in [3.8, 4) is 28.7 Å². The number of methoxy groups -OCH3 is 2. The molecule has 0 aromatic heterocycles. The van der Waals surface area contributed by atoms with E-state index < -0.39 is 11.4 Å². The van der Waals surface area contributed by atoms with Gasteiger partial charge < -0.3 is 24.1 Å². The molecule has 0 aliphatic rings. The molecule has 0 fully saturated rings. The lowest BCUT2D eigenvalue weighted by Gasteiger charge is -2.21. The number of ether oxygens (including phenoxy) is 4. The summed E-state index contributed by atoms with van der Waals surface area (Å²) in [6, 6.07) is 5.22. The maximum Gasteiger partial charge on any atom is 0.316 e. The second-order valence-electron chi connectivity index (χ2n) is 7.29. The fourth-order valence-electron chi connectivity index (χ4n) is 2.52. The van der Waals surface area contributed by atoms with Gasteiger partial charge in [0.15, 0.2) is 11.5 Å². The summed E-state index contributed by atoms with van der Waals surface area (Å²) in [7, 11) is 2.85. The number of aromatic hydroxyl groups is 1. The van der Waals surface area contributed by atoms with Crippen molar-refractivity contribution in [2.24, 2.45) is 5.41 Å². The fourth-order valence-corrected chi connectivity index (χ4v) is 2.52. The number of hydrogen-bond donors (Lipinski definition) is 1. The number of phenolic OH excluding ortho intramolecular Hbond substituents is 1. The van der Waals surface area contributed by atoms with E-state index in [1.165, 1.54) is 14.2 Å². The molecule has 0 atom stereocenters. The number of rotatable bonds is 7. The van der Waals surface area contributed by atoms with Crippen LogP contribution < -0.4 is 18.9 Å². The van der Waals surface area contributed by atoms with Gasteiger partial charge in [0.2, 0.25) is 11.5 Å². The molecule has 148 valence electrons. The number of phenols is 1. The third-order valence-electron chi connectivity index (χ3n) is 4.10. The van der Waals surface area contributed by atoms with Gasteiger partial charge >= 0.3 is 5.97 Å². The van der Waals surface area contributed by atoms with Crippen molar-refractivity contribution < 1.29 is 28.8 Å². The topological polar surface area (TPSA) is 74.2 Å². The quantitative estimate of drug-likeness (QED) is 0.429. The summed E-state index contributed by atoms with van der Waals surface area (Å²) in [6.45, 7) is 7.97. The van der Waals surface area contributed by atoms with Gasteiger partial charge in [-0.25, -0.2) is 0 Å². The molecule has 2 rings (SSSR count). The minimum absolute atomic E-state index is 0.0964. The molecule has 0 amide bonds. The van der Waals surface area contributed by atoms with Crippen LogP contribution in [0.2, 0.25) is 0 Å². The number of hydrogen-bond acceptors (Lipinski definition) is 6. The van der Waals surface area contributed by atoms with E-state index in [1.54, 1.807) is 39.0 Å². The fraction of sp³-hybridized carbons (Fsp3) is 0.476. The summed E-state index contributed by atoms with van der Waals surface area (Å²) in [5.41, 5.74) is -0.703. The van der Waals surface area contributed by atoms with Crippen molar-refractivity contribution >= 4 is 16.7 Å². The zero-order valence-corrected chi connectivity index (χ0v) is 16.8. The largest absolute Gasteiger partial charge is 0.504 e. The molecule has 2 aromatic rings. The van der Waals surface area contributed by atoms with E-state index in [-0.39, 0.29) is 23.0 Å². The van der Waals surface area contributed by atoms with Crippen LogP contribution in [0, 0.1) is 5.41 Å². The standard InChI is InChI=1S/C21H28O6/c1-7-8-11-26-13-9-10-14-15(12-13)16(22)18(24-5)19(25-6)17(14)27-20(23)21(2,3)4/h9-10,12,22H,7-8,11H2,1-6H3. The predicted octanol–water partition coefficient (Wildman–Crippen LogP) is 4.69. The van der Waals surface area contributed by atoms with Crippen LogP contribution in [0.1, 0.15) is 40.5 Å². The lowest BCUT2D eigenvalue weighted by atomic mass is 9.97. The lowest BCUT2D eigenvalue weighted by molar-refractivity contribution is -0.143. The number of unbranched alkanes of at least 4 members (excludes halogenated alkanes) is 1. The Hall–Kier alpha value is -2.63. The van der Waals surface area contributed by atoms with Gasteiger partial charge in [0, 0.05) is 10.8 Å². The Morgan fingerprint density at radius 3 is 2.26 bits per heavy atom. The zero-order valence-electron chi connectivity index (χ0n) is 16.8. The highest BCUT2D eigenvalue weighted by molar-refractivity contribution is 6.00. The van der Waals surface area contributed by atoms with Gasteiger partial charge in [-0.2, -0.15) is 0 Å². The number of benzene rings is 2. The SMILES string of the molecule is CCCCOc1ccc2c(OC(=O)C(C)(C)C)c(OC)c(OC)c(O)c2c1. The van der Waals surface area contributed by atoms with Crippen LogP contribution in [-0.2, 0) is 4.79 Å². The Bertz CT molecular complexity index is 820. The molecule has 0 unspecified atom stereocenters. The molecule has 0 aliphatic heterocycles. The first-order valence-electron chi connectivity index (χ1n) is 9.00. The predicted molar refractivity (Wildman–Crippen MR) is 104 cm³/mol. The highest BCUT2D eigenvalue weighted by Crippen LogP contribution is 2.51. The van der Waals surface area contributed by atoms with Gasteiger partial charge in [0.25, 0.3) is 0 Å². The molecule has 0 radical (unpaired) electrons. The maximum absolute atomic E-state index is 12.5. The average molecular weight is 376 g/mol. The van der Waals surface area contributed by atoms with Crippen molar-refractivity contribution in [3.63, 3.8) is 0 Å². The molecule has 27 heavy (non-hydrogen) atoms. The van der Waals surface area contributed by atoms with Crippen LogP contribution >= 0.6 is 0 Å². The number of esters is 1. The van der Waals surface area contributed by atoms with Gasteiger partial charge in [-0.3, -0.25) is 4.79 Å². The van der Waals surface area contributed by atoms with Gasteiger partial charge in [-0.1, -0.05) is 13.3 Å². The van der Waals surface area contributed by atoms with Crippen LogP contribution in [0.3, 0.4) is 0 Å². The van der Waals surface area contributed by atoms with Crippen LogP contribution in [-0.4, -0.2) is 31.9 Å². The highest BCUT2D eigenvalue weighted by Gasteiger charge is 2.29. The molecule has 0 spiro atoms.